The van der Waals surface area contributed by atoms with Crippen molar-refractivity contribution in [3.8, 4) is 17.4 Å². The highest BCUT2D eigenvalue weighted by molar-refractivity contribution is 7.92. The molecule has 0 atom stereocenters. The van der Waals surface area contributed by atoms with E-state index in [1.54, 1.807) is 36.3 Å². The molecular formula is C20H15F2N5O3S. The van der Waals surface area contributed by atoms with Crippen LogP contribution in [0.3, 0.4) is 0 Å². The highest BCUT2D eigenvalue weighted by atomic mass is 32.2. The van der Waals surface area contributed by atoms with Crippen LogP contribution in [0.1, 0.15) is 5.82 Å². The van der Waals surface area contributed by atoms with Crippen LogP contribution < -0.4 is 9.46 Å². The Morgan fingerprint density at radius 3 is 2.39 bits per heavy atom. The second kappa shape index (κ2) is 8.11. The summed E-state index contributed by atoms with van der Waals surface area (Å²) in [6.45, 7) is 1.72. The molecule has 2 aromatic carbocycles. The lowest BCUT2D eigenvalue weighted by molar-refractivity contribution is 0.459. The molecular weight excluding hydrogens is 428 g/mol. The summed E-state index contributed by atoms with van der Waals surface area (Å²) in [6.07, 6.45) is 4.93. The SMILES string of the molecule is Cc1nc(Oc2ccc(NS(=O)(=O)c3c(F)cccc3F)cc2)cc(-n2ccnc2)n1. The average molecular weight is 443 g/mol. The van der Waals surface area contributed by atoms with Crippen molar-refractivity contribution >= 4 is 15.7 Å². The molecule has 2 aromatic heterocycles. The second-order valence-corrected chi connectivity index (χ2v) is 7.98. The van der Waals surface area contributed by atoms with Crippen LogP contribution in [0.25, 0.3) is 5.82 Å². The summed E-state index contributed by atoms with van der Waals surface area (Å²) >= 11 is 0. The number of aryl methyl sites for hydroxylation is 1. The van der Waals surface area contributed by atoms with Crippen molar-refractivity contribution in [2.45, 2.75) is 11.8 Å². The van der Waals surface area contributed by atoms with Gasteiger partial charge in [-0.25, -0.2) is 27.2 Å². The minimum atomic E-state index is -4.45. The molecule has 2 heterocycles. The van der Waals surface area contributed by atoms with Crippen molar-refractivity contribution < 1.29 is 21.9 Å². The number of benzene rings is 2. The Balaban J connectivity index is 1.53. The van der Waals surface area contributed by atoms with E-state index in [2.05, 4.69) is 19.7 Å². The number of ether oxygens (including phenoxy) is 1. The smallest absolute Gasteiger partial charge is 0.267 e. The fourth-order valence-corrected chi connectivity index (χ4v) is 3.96. The van der Waals surface area contributed by atoms with Gasteiger partial charge in [-0.15, -0.1) is 0 Å². The number of rotatable bonds is 6. The molecule has 0 fully saturated rings. The molecule has 0 aliphatic rings. The Kier molecular flexibility index (Phi) is 5.34. The zero-order chi connectivity index (χ0) is 22.0. The molecule has 0 bridgehead atoms. The van der Waals surface area contributed by atoms with E-state index in [0.717, 1.165) is 18.2 Å². The summed E-state index contributed by atoms with van der Waals surface area (Å²) < 4.78 is 61.9. The van der Waals surface area contributed by atoms with E-state index in [1.807, 2.05) is 0 Å². The van der Waals surface area contributed by atoms with Gasteiger partial charge < -0.3 is 4.74 Å². The maximum absolute atomic E-state index is 13.8. The molecule has 4 aromatic rings. The van der Waals surface area contributed by atoms with E-state index in [-0.39, 0.29) is 11.6 Å². The number of sulfonamides is 1. The Labute approximate surface area is 176 Å². The van der Waals surface area contributed by atoms with Gasteiger partial charge in [0.25, 0.3) is 10.0 Å². The van der Waals surface area contributed by atoms with E-state index in [9.17, 15) is 17.2 Å². The molecule has 0 radical (unpaired) electrons. The van der Waals surface area contributed by atoms with Crippen molar-refractivity contribution in [2.75, 3.05) is 4.72 Å². The minimum Gasteiger partial charge on any atom is -0.439 e. The van der Waals surface area contributed by atoms with Gasteiger partial charge in [-0.05, 0) is 43.3 Å². The molecule has 0 saturated carbocycles. The number of nitrogens with zero attached hydrogens (tertiary/aromatic N) is 4. The van der Waals surface area contributed by atoms with Gasteiger partial charge in [0.05, 0.1) is 0 Å². The van der Waals surface area contributed by atoms with Crippen LogP contribution in [0.2, 0.25) is 0 Å². The van der Waals surface area contributed by atoms with Crippen molar-refractivity contribution in [3.63, 3.8) is 0 Å². The first kappa shape index (κ1) is 20.4. The van der Waals surface area contributed by atoms with E-state index in [0.29, 0.717) is 17.4 Å². The maximum atomic E-state index is 13.8. The first-order chi connectivity index (χ1) is 14.8. The van der Waals surface area contributed by atoms with Crippen LogP contribution in [-0.2, 0) is 10.0 Å². The lowest BCUT2D eigenvalue weighted by Crippen LogP contribution is -2.16. The van der Waals surface area contributed by atoms with Gasteiger partial charge in [0.15, 0.2) is 4.90 Å². The van der Waals surface area contributed by atoms with E-state index < -0.39 is 26.6 Å². The summed E-state index contributed by atoms with van der Waals surface area (Å²) in [5.41, 5.74) is 0.105. The summed E-state index contributed by atoms with van der Waals surface area (Å²) in [5, 5.41) is 0. The van der Waals surface area contributed by atoms with E-state index in [4.69, 9.17) is 4.74 Å². The molecule has 0 aliphatic heterocycles. The highest BCUT2D eigenvalue weighted by Crippen LogP contribution is 2.25. The maximum Gasteiger partial charge on any atom is 0.267 e. The normalized spacial score (nSPS) is 11.3. The first-order valence-electron chi connectivity index (χ1n) is 8.90. The molecule has 4 rings (SSSR count). The van der Waals surface area contributed by atoms with Gasteiger partial charge in [-0.2, -0.15) is 4.98 Å². The Morgan fingerprint density at radius 2 is 1.74 bits per heavy atom. The summed E-state index contributed by atoms with van der Waals surface area (Å²) in [4.78, 5) is 11.5. The fraction of sp³-hybridized carbons (Fsp3) is 0.0500. The third-order valence-electron chi connectivity index (χ3n) is 4.09. The number of halogens is 2. The molecule has 8 nitrogen and oxygen atoms in total. The van der Waals surface area contributed by atoms with Crippen molar-refractivity contribution in [1.29, 1.82) is 0 Å². The van der Waals surface area contributed by atoms with Crippen LogP contribution in [0.4, 0.5) is 14.5 Å². The quantitative estimate of drug-likeness (QED) is 0.486. The zero-order valence-corrected chi connectivity index (χ0v) is 16.8. The van der Waals surface area contributed by atoms with Gasteiger partial charge in [-0.3, -0.25) is 9.29 Å². The van der Waals surface area contributed by atoms with Crippen LogP contribution in [0.15, 0.2) is 72.1 Å². The lowest BCUT2D eigenvalue weighted by atomic mass is 10.3. The molecule has 1 N–H and O–H groups in total. The van der Waals surface area contributed by atoms with Gasteiger partial charge in [0.2, 0.25) is 5.88 Å². The van der Waals surface area contributed by atoms with Crippen LogP contribution in [-0.4, -0.2) is 27.9 Å². The number of hydrogen-bond donors (Lipinski definition) is 1. The molecule has 0 amide bonds. The van der Waals surface area contributed by atoms with Crippen LogP contribution in [0, 0.1) is 18.6 Å². The second-order valence-electron chi connectivity index (χ2n) is 6.36. The van der Waals surface area contributed by atoms with Gasteiger partial charge in [0, 0.05) is 24.1 Å². The largest absolute Gasteiger partial charge is 0.439 e. The molecule has 0 spiro atoms. The summed E-state index contributed by atoms with van der Waals surface area (Å²) in [6, 6.07) is 10.2. The predicted molar refractivity (Wildman–Crippen MR) is 108 cm³/mol. The number of hydrogen-bond acceptors (Lipinski definition) is 6. The van der Waals surface area contributed by atoms with E-state index in [1.165, 1.54) is 24.3 Å². The molecule has 0 aliphatic carbocycles. The standard InChI is InChI=1S/C20H15F2N5O3S/c1-13-24-18(27-10-9-23-12-27)11-19(25-13)30-15-7-5-14(6-8-15)26-31(28,29)20-16(21)3-2-4-17(20)22/h2-12,26H,1H3. The van der Waals surface area contributed by atoms with Crippen LogP contribution in [0.5, 0.6) is 11.6 Å². The minimum absolute atomic E-state index is 0.105. The molecule has 31 heavy (non-hydrogen) atoms. The van der Waals surface area contributed by atoms with Gasteiger partial charge in [-0.1, -0.05) is 6.07 Å². The molecule has 158 valence electrons. The van der Waals surface area contributed by atoms with E-state index >= 15 is 0 Å². The number of aromatic nitrogens is 4. The third kappa shape index (κ3) is 4.51. The van der Waals surface area contributed by atoms with Crippen molar-refractivity contribution in [2.24, 2.45) is 0 Å². The lowest BCUT2D eigenvalue weighted by Gasteiger charge is -2.11. The number of anilines is 1. The Bertz CT molecular complexity index is 1310. The topological polar surface area (TPSA) is 99.0 Å². The first-order valence-corrected chi connectivity index (χ1v) is 10.4. The molecule has 11 heteroatoms. The highest BCUT2D eigenvalue weighted by Gasteiger charge is 2.23. The summed E-state index contributed by atoms with van der Waals surface area (Å²) in [5.74, 6) is -0.665. The Hall–Kier alpha value is -3.86. The summed E-state index contributed by atoms with van der Waals surface area (Å²) in [7, 11) is -4.45. The van der Waals surface area contributed by atoms with Gasteiger partial charge >= 0.3 is 0 Å². The fourth-order valence-electron chi connectivity index (χ4n) is 2.76. The monoisotopic (exact) mass is 443 g/mol. The number of nitrogens with one attached hydrogen (secondary N) is 1. The van der Waals surface area contributed by atoms with Gasteiger partial charge in [0.1, 0.15) is 35.4 Å². The molecule has 0 saturated heterocycles. The third-order valence-corrected chi connectivity index (χ3v) is 5.52. The number of imidazole rings is 1. The average Bonchev–Trinajstić information content (AvgIpc) is 3.23. The predicted octanol–water partition coefficient (Wildman–Crippen LogP) is 3.84. The zero-order valence-electron chi connectivity index (χ0n) is 16.0. The van der Waals surface area contributed by atoms with Crippen molar-refractivity contribution in [1.82, 2.24) is 19.5 Å². The van der Waals surface area contributed by atoms with Crippen LogP contribution >= 0.6 is 0 Å². The molecule has 0 unspecified atom stereocenters. The van der Waals surface area contributed by atoms with Crippen molar-refractivity contribution in [3.05, 3.63) is 84.7 Å². The Morgan fingerprint density at radius 1 is 1.03 bits per heavy atom.